The Kier molecular flexibility index (Phi) is 5.91. The van der Waals surface area contributed by atoms with Crippen LogP contribution >= 0.6 is 0 Å². The summed E-state index contributed by atoms with van der Waals surface area (Å²) in [4.78, 5) is 19.1. The van der Waals surface area contributed by atoms with Gasteiger partial charge in [0.15, 0.2) is 0 Å². The molecule has 4 rings (SSSR count). The van der Waals surface area contributed by atoms with Crippen molar-refractivity contribution in [3.05, 3.63) is 59.4 Å². The maximum Gasteiger partial charge on any atom is 0.253 e. The first-order chi connectivity index (χ1) is 13.7. The van der Waals surface area contributed by atoms with E-state index in [1.165, 1.54) is 12.8 Å². The number of likely N-dealkylation sites (tertiary alicyclic amines) is 1. The van der Waals surface area contributed by atoms with Gasteiger partial charge in [-0.3, -0.25) is 9.78 Å². The molecule has 2 aromatic rings. The average molecular weight is 380 g/mol. The summed E-state index contributed by atoms with van der Waals surface area (Å²) in [5.41, 5.74) is 2.70. The predicted octanol–water partition coefficient (Wildman–Crippen LogP) is 3.57. The fourth-order valence-electron chi connectivity index (χ4n) is 3.63. The Balaban J connectivity index is 1.29. The van der Waals surface area contributed by atoms with E-state index in [9.17, 15) is 4.79 Å². The van der Waals surface area contributed by atoms with E-state index in [1.54, 1.807) is 6.20 Å². The summed E-state index contributed by atoms with van der Waals surface area (Å²) in [6.45, 7) is 5.19. The van der Waals surface area contributed by atoms with Crippen LogP contribution in [0.1, 0.15) is 47.3 Å². The highest BCUT2D eigenvalue weighted by Crippen LogP contribution is 2.28. The lowest BCUT2D eigenvalue weighted by Crippen LogP contribution is -2.45. The minimum absolute atomic E-state index is 0.125. The van der Waals surface area contributed by atoms with E-state index in [0.717, 1.165) is 61.0 Å². The molecular weight excluding hydrogens is 350 g/mol. The van der Waals surface area contributed by atoms with Gasteiger partial charge >= 0.3 is 0 Å². The van der Waals surface area contributed by atoms with Gasteiger partial charge in [0, 0.05) is 30.4 Å². The van der Waals surface area contributed by atoms with Crippen molar-refractivity contribution >= 4 is 5.91 Å². The number of carbonyl (C=O) groups is 1. The number of nitrogens with zero attached hydrogens (tertiary/aromatic N) is 2. The van der Waals surface area contributed by atoms with E-state index >= 15 is 0 Å². The standard InChI is InChI=1S/C23H29N3O2/c1-17-5-8-22(15-24-17)28-16-19-3-2-4-20(13-19)23(27)26-11-9-21(10-12-26)25-14-18-6-7-18/h2-5,8,13,15,18,21,25H,6-7,9-12,14,16H2,1H3. The van der Waals surface area contributed by atoms with Gasteiger partial charge in [-0.05, 0) is 74.9 Å². The second kappa shape index (κ2) is 8.74. The lowest BCUT2D eigenvalue weighted by molar-refractivity contribution is 0.0705. The van der Waals surface area contributed by atoms with Crippen LogP contribution in [0.5, 0.6) is 5.75 Å². The fourth-order valence-corrected chi connectivity index (χ4v) is 3.63. The second-order valence-corrected chi connectivity index (χ2v) is 8.04. The van der Waals surface area contributed by atoms with Crippen LogP contribution in [0.2, 0.25) is 0 Å². The third kappa shape index (κ3) is 5.10. The molecule has 1 N–H and O–H groups in total. The summed E-state index contributed by atoms with van der Waals surface area (Å²) in [6, 6.07) is 12.2. The van der Waals surface area contributed by atoms with Crippen molar-refractivity contribution in [2.75, 3.05) is 19.6 Å². The normalized spacial score (nSPS) is 17.5. The maximum absolute atomic E-state index is 12.9. The zero-order valence-electron chi connectivity index (χ0n) is 16.6. The number of benzene rings is 1. The molecule has 5 nitrogen and oxygen atoms in total. The number of ether oxygens (including phenoxy) is 1. The molecule has 28 heavy (non-hydrogen) atoms. The number of nitrogens with one attached hydrogen (secondary N) is 1. The molecular formula is C23H29N3O2. The summed E-state index contributed by atoms with van der Waals surface area (Å²) in [5, 5.41) is 3.67. The monoisotopic (exact) mass is 379 g/mol. The first kappa shape index (κ1) is 18.9. The number of amides is 1. The van der Waals surface area contributed by atoms with Gasteiger partial charge in [-0.15, -0.1) is 0 Å². The lowest BCUT2D eigenvalue weighted by atomic mass is 10.0. The summed E-state index contributed by atoms with van der Waals surface area (Å²) < 4.78 is 5.80. The number of hydrogen-bond acceptors (Lipinski definition) is 4. The molecule has 1 aliphatic heterocycles. The van der Waals surface area contributed by atoms with Crippen molar-refractivity contribution in [1.29, 1.82) is 0 Å². The topological polar surface area (TPSA) is 54.5 Å². The molecule has 1 aromatic heterocycles. The zero-order chi connectivity index (χ0) is 19.3. The van der Waals surface area contributed by atoms with Crippen molar-refractivity contribution in [2.45, 2.75) is 45.3 Å². The van der Waals surface area contributed by atoms with E-state index in [2.05, 4.69) is 10.3 Å². The number of rotatable bonds is 7. The zero-order valence-corrected chi connectivity index (χ0v) is 16.6. The number of aromatic nitrogens is 1. The van der Waals surface area contributed by atoms with Gasteiger partial charge in [0.25, 0.3) is 5.91 Å². The first-order valence-electron chi connectivity index (χ1n) is 10.3. The van der Waals surface area contributed by atoms with Gasteiger partial charge in [-0.25, -0.2) is 0 Å². The quantitative estimate of drug-likeness (QED) is 0.799. The molecule has 1 aliphatic carbocycles. The van der Waals surface area contributed by atoms with Crippen LogP contribution in [0, 0.1) is 12.8 Å². The second-order valence-electron chi connectivity index (χ2n) is 8.04. The summed E-state index contributed by atoms with van der Waals surface area (Å²) in [7, 11) is 0. The Labute approximate surface area is 167 Å². The van der Waals surface area contributed by atoms with Crippen LogP contribution in [-0.2, 0) is 6.61 Å². The Morgan fingerprint density at radius 1 is 1.18 bits per heavy atom. The maximum atomic E-state index is 12.9. The molecule has 5 heteroatoms. The van der Waals surface area contributed by atoms with Gasteiger partial charge in [-0.2, -0.15) is 0 Å². The Bertz CT molecular complexity index is 794. The van der Waals surface area contributed by atoms with Gasteiger partial charge in [0.2, 0.25) is 0 Å². The minimum Gasteiger partial charge on any atom is -0.487 e. The molecule has 1 saturated carbocycles. The molecule has 2 heterocycles. The highest BCUT2D eigenvalue weighted by atomic mass is 16.5. The van der Waals surface area contributed by atoms with Crippen molar-refractivity contribution in [2.24, 2.45) is 5.92 Å². The van der Waals surface area contributed by atoms with Gasteiger partial charge in [0.1, 0.15) is 12.4 Å². The van der Waals surface area contributed by atoms with Crippen LogP contribution in [0.15, 0.2) is 42.6 Å². The van der Waals surface area contributed by atoms with Crippen molar-refractivity contribution in [3.8, 4) is 5.75 Å². The lowest BCUT2D eigenvalue weighted by Gasteiger charge is -2.32. The van der Waals surface area contributed by atoms with Gasteiger partial charge in [0.05, 0.1) is 6.20 Å². The van der Waals surface area contributed by atoms with E-state index < -0.39 is 0 Å². The fraction of sp³-hybridized carbons (Fsp3) is 0.478. The molecule has 2 fully saturated rings. The summed E-state index contributed by atoms with van der Waals surface area (Å²) >= 11 is 0. The third-order valence-corrected chi connectivity index (χ3v) is 5.64. The Morgan fingerprint density at radius 2 is 2.00 bits per heavy atom. The predicted molar refractivity (Wildman–Crippen MR) is 109 cm³/mol. The molecule has 0 spiro atoms. The molecule has 1 amide bonds. The van der Waals surface area contributed by atoms with E-state index in [4.69, 9.17) is 4.74 Å². The number of hydrogen-bond donors (Lipinski definition) is 1. The number of carbonyl (C=O) groups excluding carboxylic acids is 1. The van der Waals surface area contributed by atoms with Crippen LogP contribution < -0.4 is 10.1 Å². The van der Waals surface area contributed by atoms with Crippen molar-refractivity contribution < 1.29 is 9.53 Å². The largest absolute Gasteiger partial charge is 0.487 e. The van der Waals surface area contributed by atoms with E-state index in [1.807, 2.05) is 48.2 Å². The Hall–Kier alpha value is -2.40. The molecule has 0 radical (unpaired) electrons. The molecule has 148 valence electrons. The van der Waals surface area contributed by atoms with E-state index in [-0.39, 0.29) is 5.91 Å². The van der Waals surface area contributed by atoms with E-state index in [0.29, 0.717) is 12.6 Å². The Morgan fingerprint density at radius 3 is 2.71 bits per heavy atom. The molecule has 0 bridgehead atoms. The SMILES string of the molecule is Cc1ccc(OCc2cccc(C(=O)N3CCC(NCC4CC4)CC3)c2)cn1. The van der Waals surface area contributed by atoms with Crippen LogP contribution in [0.25, 0.3) is 0 Å². The highest BCUT2D eigenvalue weighted by Gasteiger charge is 2.26. The van der Waals surface area contributed by atoms with Crippen LogP contribution in [-0.4, -0.2) is 41.5 Å². The van der Waals surface area contributed by atoms with Crippen molar-refractivity contribution in [3.63, 3.8) is 0 Å². The van der Waals surface area contributed by atoms with Crippen LogP contribution in [0.4, 0.5) is 0 Å². The number of pyridine rings is 1. The van der Waals surface area contributed by atoms with Crippen LogP contribution in [0.3, 0.4) is 0 Å². The average Bonchev–Trinajstić information content (AvgIpc) is 3.56. The van der Waals surface area contributed by atoms with Crippen molar-refractivity contribution in [1.82, 2.24) is 15.2 Å². The molecule has 0 unspecified atom stereocenters. The minimum atomic E-state index is 0.125. The third-order valence-electron chi connectivity index (χ3n) is 5.64. The number of aryl methyl sites for hydroxylation is 1. The summed E-state index contributed by atoms with van der Waals surface area (Å²) in [6.07, 6.45) is 6.57. The molecule has 2 aliphatic rings. The smallest absolute Gasteiger partial charge is 0.253 e. The first-order valence-corrected chi connectivity index (χ1v) is 10.3. The van der Waals surface area contributed by atoms with Gasteiger partial charge < -0.3 is 15.0 Å². The summed E-state index contributed by atoms with van der Waals surface area (Å²) in [5.74, 6) is 1.77. The highest BCUT2D eigenvalue weighted by molar-refractivity contribution is 5.94. The number of piperidine rings is 1. The van der Waals surface area contributed by atoms with Gasteiger partial charge in [-0.1, -0.05) is 12.1 Å². The molecule has 1 saturated heterocycles. The molecule has 1 aromatic carbocycles. The molecule has 0 atom stereocenters.